The molecule has 0 aromatic heterocycles. The molecule has 7 nitrogen and oxygen atoms in total. The second kappa shape index (κ2) is 9.42. The average molecular weight is 456 g/mol. The molecule has 0 atom stereocenters. The van der Waals surface area contributed by atoms with Gasteiger partial charge in [0.1, 0.15) is 0 Å². The Hall–Kier alpha value is -2.71. The van der Waals surface area contributed by atoms with Gasteiger partial charge < -0.3 is 10.2 Å². The molecule has 0 unspecified atom stereocenters. The SMILES string of the molecule is Cc1ccc(S(=O)(=O)N2CCC(C(=O)NCc3ccc(N4CCCC4=O)cc3)CC2)cc1. The summed E-state index contributed by atoms with van der Waals surface area (Å²) in [7, 11) is -3.52. The third-order valence-corrected chi connectivity index (χ3v) is 8.18. The average Bonchev–Trinajstić information content (AvgIpc) is 3.24. The zero-order valence-corrected chi connectivity index (χ0v) is 19.1. The summed E-state index contributed by atoms with van der Waals surface area (Å²) in [5, 5.41) is 2.97. The molecule has 2 aliphatic heterocycles. The van der Waals surface area contributed by atoms with Crippen LogP contribution in [0.5, 0.6) is 0 Å². The fourth-order valence-corrected chi connectivity index (χ4v) is 5.74. The van der Waals surface area contributed by atoms with Crippen LogP contribution in [-0.4, -0.2) is 44.2 Å². The highest BCUT2D eigenvalue weighted by molar-refractivity contribution is 7.89. The molecule has 0 bridgehead atoms. The molecule has 2 saturated heterocycles. The number of benzene rings is 2. The number of nitrogens with zero attached hydrogens (tertiary/aromatic N) is 2. The van der Waals surface area contributed by atoms with E-state index >= 15 is 0 Å². The zero-order valence-electron chi connectivity index (χ0n) is 18.3. The zero-order chi connectivity index (χ0) is 22.7. The van der Waals surface area contributed by atoms with E-state index in [2.05, 4.69) is 5.32 Å². The quantitative estimate of drug-likeness (QED) is 0.726. The summed E-state index contributed by atoms with van der Waals surface area (Å²) in [6.45, 7) is 3.77. The number of amides is 2. The number of carbonyl (C=O) groups is 2. The Kier molecular flexibility index (Phi) is 6.62. The van der Waals surface area contributed by atoms with E-state index in [1.54, 1.807) is 29.2 Å². The lowest BCUT2D eigenvalue weighted by Gasteiger charge is -2.30. The maximum absolute atomic E-state index is 12.8. The Bertz CT molecular complexity index is 1070. The van der Waals surface area contributed by atoms with Gasteiger partial charge in [0, 0.05) is 44.2 Å². The lowest BCUT2D eigenvalue weighted by Crippen LogP contribution is -2.42. The number of nitrogens with one attached hydrogen (secondary N) is 1. The fourth-order valence-electron chi connectivity index (χ4n) is 4.27. The van der Waals surface area contributed by atoms with E-state index in [1.165, 1.54) is 4.31 Å². The Labute approximate surface area is 189 Å². The van der Waals surface area contributed by atoms with Gasteiger partial charge >= 0.3 is 0 Å². The molecule has 1 N–H and O–H groups in total. The van der Waals surface area contributed by atoms with Crippen molar-refractivity contribution in [3.8, 4) is 0 Å². The molecular weight excluding hydrogens is 426 g/mol. The molecule has 2 aromatic rings. The van der Waals surface area contributed by atoms with Crippen molar-refractivity contribution < 1.29 is 18.0 Å². The highest BCUT2D eigenvalue weighted by Gasteiger charge is 2.32. The van der Waals surface area contributed by atoms with Gasteiger partial charge in [0.25, 0.3) is 0 Å². The highest BCUT2D eigenvalue weighted by atomic mass is 32.2. The summed E-state index contributed by atoms with van der Waals surface area (Å²) in [6, 6.07) is 14.5. The molecule has 2 amide bonds. The first-order valence-electron chi connectivity index (χ1n) is 11.1. The van der Waals surface area contributed by atoms with Crippen LogP contribution in [0.1, 0.15) is 36.8 Å². The Morgan fingerprint density at radius 3 is 2.25 bits per heavy atom. The van der Waals surface area contributed by atoms with Crippen LogP contribution in [0, 0.1) is 12.8 Å². The number of carbonyl (C=O) groups excluding carboxylic acids is 2. The first-order chi connectivity index (χ1) is 15.3. The molecule has 2 heterocycles. The summed E-state index contributed by atoms with van der Waals surface area (Å²) in [6.07, 6.45) is 2.50. The van der Waals surface area contributed by atoms with Gasteiger partial charge in [0.2, 0.25) is 21.8 Å². The van der Waals surface area contributed by atoms with E-state index in [-0.39, 0.29) is 17.7 Å². The number of anilines is 1. The number of hydrogen-bond donors (Lipinski definition) is 1. The molecule has 2 aromatic carbocycles. The van der Waals surface area contributed by atoms with Gasteiger partial charge in [0.15, 0.2) is 0 Å². The third kappa shape index (κ3) is 4.86. The third-order valence-electron chi connectivity index (χ3n) is 6.27. The second-order valence-corrected chi connectivity index (χ2v) is 10.5. The van der Waals surface area contributed by atoms with E-state index < -0.39 is 10.0 Å². The van der Waals surface area contributed by atoms with Gasteiger partial charge in [-0.05, 0) is 56.0 Å². The molecule has 32 heavy (non-hydrogen) atoms. The summed E-state index contributed by atoms with van der Waals surface area (Å²) in [5.41, 5.74) is 2.87. The van der Waals surface area contributed by atoms with Crippen LogP contribution in [-0.2, 0) is 26.2 Å². The van der Waals surface area contributed by atoms with E-state index in [4.69, 9.17) is 0 Å². The molecule has 0 spiro atoms. The van der Waals surface area contributed by atoms with Crippen molar-refractivity contribution in [1.29, 1.82) is 0 Å². The summed E-state index contributed by atoms with van der Waals surface area (Å²) in [5.74, 6) is -0.0843. The Morgan fingerprint density at radius 1 is 1.00 bits per heavy atom. The molecule has 4 rings (SSSR count). The van der Waals surface area contributed by atoms with Crippen molar-refractivity contribution in [2.75, 3.05) is 24.5 Å². The first kappa shape index (κ1) is 22.5. The molecule has 170 valence electrons. The maximum Gasteiger partial charge on any atom is 0.243 e. The minimum atomic E-state index is -3.52. The van der Waals surface area contributed by atoms with Crippen LogP contribution in [0.2, 0.25) is 0 Å². The number of hydrogen-bond acceptors (Lipinski definition) is 4. The molecular formula is C24H29N3O4S. The van der Waals surface area contributed by atoms with Crippen LogP contribution in [0.25, 0.3) is 0 Å². The van der Waals surface area contributed by atoms with E-state index in [1.807, 2.05) is 31.2 Å². The normalized spacial score (nSPS) is 18.2. The van der Waals surface area contributed by atoms with Crippen molar-refractivity contribution in [2.24, 2.45) is 5.92 Å². The minimum Gasteiger partial charge on any atom is -0.352 e. The van der Waals surface area contributed by atoms with Crippen LogP contribution >= 0.6 is 0 Å². The van der Waals surface area contributed by atoms with Crippen molar-refractivity contribution in [3.05, 3.63) is 59.7 Å². The van der Waals surface area contributed by atoms with Gasteiger partial charge in [-0.2, -0.15) is 4.31 Å². The Morgan fingerprint density at radius 2 is 1.66 bits per heavy atom. The van der Waals surface area contributed by atoms with E-state index in [0.29, 0.717) is 43.8 Å². The maximum atomic E-state index is 12.8. The van der Waals surface area contributed by atoms with Crippen LogP contribution in [0.3, 0.4) is 0 Å². The van der Waals surface area contributed by atoms with Gasteiger partial charge in [-0.3, -0.25) is 9.59 Å². The summed E-state index contributed by atoms with van der Waals surface area (Å²) in [4.78, 5) is 26.6. The lowest BCUT2D eigenvalue weighted by molar-refractivity contribution is -0.126. The lowest BCUT2D eigenvalue weighted by atomic mass is 9.97. The number of rotatable bonds is 6. The topological polar surface area (TPSA) is 86.8 Å². The number of aryl methyl sites for hydroxylation is 1. The molecule has 0 radical (unpaired) electrons. The van der Waals surface area contributed by atoms with Crippen LogP contribution < -0.4 is 10.2 Å². The standard InChI is InChI=1S/C24H29N3O4S/c1-18-4-10-22(11-5-18)32(30,31)26-15-12-20(13-16-26)24(29)25-17-19-6-8-21(9-7-19)27-14-2-3-23(27)28/h4-11,20H,2-3,12-17H2,1H3,(H,25,29). The van der Waals surface area contributed by atoms with Crippen molar-refractivity contribution in [1.82, 2.24) is 9.62 Å². The van der Waals surface area contributed by atoms with Gasteiger partial charge in [0.05, 0.1) is 4.90 Å². The number of piperidine rings is 1. The number of sulfonamides is 1. The predicted octanol–water partition coefficient (Wildman–Crippen LogP) is 2.84. The van der Waals surface area contributed by atoms with Gasteiger partial charge in [-0.1, -0.05) is 29.8 Å². The molecule has 8 heteroatoms. The summed E-state index contributed by atoms with van der Waals surface area (Å²) >= 11 is 0. The minimum absolute atomic E-state index is 0.0452. The predicted molar refractivity (Wildman–Crippen MR) is 123 cm³/mol. The van der Waals surface area contributed by atoms with Crippen LogP contribution in [0.4, 0.5) is 5.69 Å². The monoisotopic (exact) mass is 455 g/mol. The van der Waals surface area contributed by atoms with E-state index in [0.717, 1.165) is 29.8 Å². The molecule has 2 fully saturated rings. The first-order valence-corrected chi connectivity index (χ1v) is 12.5. The molecule has 0 aliphatic carbocycles. The fraction of sp³-hybridized carbons (Fsp3) is 0.417. The van der Waals surface area contributed by atoms with Crippen molar-refractivity contribution in [2.45, 2.75) is 44.0 Å². The van der Waals surface area contributed by atoms with Gasteiger partial charge in [-0.15, -0.1) is 0 Å². The highest BCUT2D eigenvalue weighted by Crippen LogP contribution is 2.25. The second-order valence-electron chi connectivity index (χ2n) is 8.52. The van der Waals surface area contributed by atoms with Gasteiger partial charge in [-0.25, -0.2) is 8.42 Å². The van der Waals surface area contributed by atoms with Crippen molar-refractivity contribution in [3.63, 3.8) is 0 Å². The molecule has 2 aliphatic rings. The van der Waals surface area contributed by atoms with E-state index in [9.17, 15) is 18.0 Å². The Balaban J connectivity index is 1.27. The largest absolute Gasteiger partial charge is 0.352 e. The smallest absolute Gasteiger partial charge is 0.243 e. The molecule has 0 saturated carbocycles. The van der Waals surface area contributed by atoms with Crippen LogP contribution in [0.15, 0.2) is 53.4 Å². The van der Waals surface area contributed by atoms with Crippen molar-refractivity contribution >= 4 is 27.5 Å². The summed E-state index contributed by atoms with van der Waals surface area (Å²) < 4.78 is 27.1.